The Morgan fingerprint density at radius 2 is 1.67 bits per heavy atom. The predicted octanol–water partition coefficient (Wildman–Crippen LogP) is 6.54. The molecule has 3 rings (SSSR count). The van der Waals surface area contributed by atoms with Gasteiger partial charge in [0, 0.05) is 18.1 Å². The van der Waals surface area contributed by atoms with Gasteiger partial charge in [0.2, 0.25) is 11.8 Å². The van der Waals surface area contributed by atoms with Crippen LogP contribution in [0.25, 0.3) is 0 Å². The minimum Gasteiger partial charge on any atom is -0.354 e. The zero-order valence-electron chi connectivity index (χ0n) is 22.9. The normalized spacial score (nSPS) is 12.5. The summed E-state index contributed by atoms with van der Waals surface area (Å²) in [6.07, 6.45) is -3.28. The van der Waals surface area contributed by atoms with E-state index in [-0.39, 0.29) is 16.5 Å². The fourth-order valence-corrected chi connectivity index (χ4v) is 5.99. The van der Waals surface area contributed by atoms with E-state index >= 15 is 0 Å². The van der Waals surface area contributed by atoms with E-state index in [1.54, 1.807) is 30.3 Å². The van der Waals surface area contributed by atoms with Crippen LogP contribution in [-0.2, 0) is 32.3 Å². The molecular weight excluding hydrogens is 614 g/mol. The number of nitrogens with one attached hydrogen (secondary N) is 1. The molecule has 7 nitrogen and oxygen atoms in total. The van der Waals surface area contributed by atoms with Crippen LogP contribution in [0, 0.1) is 0 Å². The molecule has 0 bridgehead atoms. The van der Waals surface area contributed by atoms with E-state index in [1.165, 1.54) is 31.2 Å². The van der Waals surface area contributed by atoms with Gasteiger partial charge in [0.25, 0.3) is 10.0 Å². The van der Waals surface area contributed by atoms with Crippen molar-refractivity contribution in [2.45, 2.75) is 50.3 Å². The van der Waals surface area contributed by atoms with Gasteiger partial charge >= 0.3 is 6.18 Å². The lowest BCUT2D eigenvalue weighted by Crippen LogP contribution is -2.51. The standard InChI is InChI=1S/C29H30Cl2F3N3O4S/c1-3-4-15-35-28(39)20(2)36(18-21-9-8-10-23(30)16-21)27(38)19-37(42(40,41)24-11-6-5-7-12-24)26-17-22(29(32,33)34)13-14-25(26)31/h5-14,16-17,20H,3-4,15,18-19H2,1-2H3,(H,35,39)/t20-/m0/s1. The lowest BCUT2D eigenvalue weighted by Gasteiger charge is -2.32. The molecule has 42 heavy (non-hydrogen) atoms. The van der Waals surface area contributed by atoms with Crippen molar-refractivity contribution in [3.05, 3.63) is 94.0 Å². The number of sulfonamides is 1. The van der Waals surface area contributed by atoms with E-state index in [2.05, 4.69) is 5.32 Å². The summed E-state index contributed by atoms with van der Waals surface area (Å²) in [7, 11) is -4.60. The summed E-state index contributed by atoms with van der Waals surface area (Å²) in [4.78, 5) is 27.8. The molecule has 226 valence electrons. The summed E-state index contributed by atoms with van der Waals surface area (Å²) in [5, 5.41) is 2.81. The largest absolute Gasteiger partial charge is 0.416 e. The fourth-order valence-electron chi connectivity index (χ4n) is 4.06. The van der Waals surface area contributed by atoms with Gasteiger partial charge in [0.05, 0.1) is 21.2 Å². The average molecular weight is 645 g/mol. The second-order valence-electron chi connectivity index (χ2n) is 9.46. The highest BCUT2D eigenvalue weighted by atomic mass is 35.5. The van der Waals surface area contributed by atoms with Gasteiger partial charge in [-0.2, -0.15) is 13.2 Å². The van der Waals surface area contributed by atoms with Crippen molar-refractivity contribution in [3.8, 4) is 0 Å². The van der Waals surface area contributed by atoms with Crippen molar-refractivity contribution in [1.82, 2.24) is 10.2 Å². The van der Waals surface area contributed by atoms with Crippen molar-refractivity contribution in [3.63, 3.8) is 0 Å². The molecule has 0 aliphatic heterocycles. The highest BCUT2D eigenvalue weighted by Gasteiger charge is 2.36. The van der Waals surface area contributed by atoms with Gasteiger partial charge in [-0.3, -0.25) is 13.9 Å². The minimum absolute atomic E-state index is 0.128. The molecule has 0 radical (unpaired) electrons. The second kappa shape index (κ2) is 14.3. The molecule has 0 fully saturated rings. The van der Waals surface area contributed by atoms with Gasteiger partial charge in [-0.1, -0.05) is 66.9 Å². The summed E-state index contributed by atoms with van der Waals surface area (Å²) in [5.41, 5.74) is -1.13. The van der Waals surface area contributed by atoms with Crippen molar-refractivity contribution >= 4 is 50.7 Å². The molecule has 13 heteroatoms. The first kappa shape index (κ1) is 33.2. The zero-order chi connectivity index (χ0) is 31.1. The Bertz CT molecular complexity index is 1510. The number of carbonyl (C=O) groups excluding carboxylic acids is 2. The molecule has 1 atom stereocenters. The highest BCUT2D eigenvalue weighted by Crippen LogP contribution is 2.37. The molecule has 1 N–H and O–H groups in total. The van der Waals surface area contributed by atoms with E-state index in [1.807, 2.05) is 6.92 Å². The highest BCUT2D eigenvalue weighted by molar-refractivity contribution is 7.92. The lowest BCUT2D eigenvalue weighted by molar-refractivity contribution is -0.139. The minimum atomic E-state index is -4.81. The van der Waals surface area contributed by atoms with Crippen LogP contribution in [0.5, 0.6) is 0 Å². The van der Waals surface area contributed by atoms with Crippen LogP contribution in [-0.4, -0.2) is 44.3 Å². The van der Waals surface area contributed by atoms with Crippen LogP contribution in [0.4, 0.5) is 18.9 Å². The van der Waals surface area contributed by atoms with Crippen molar-refractivity contribution in [2.75, 3.05) is 17.4 Å². The topological polar surface area (TPSA) is 86.8 Å². The molecular formula is C29H30Cl2F3N3O4S. The van der Waals surface area contributed by atoms with Crippen molar-refractivity contribution in [2.24, 2.45) is 0 Å². The Kier molecular flexibility index (Phi) is 11.3. The van der Waals surface area contributed by atoms with Crippen LogP contribution < -0.4 is 9.62 Å². The first-order chi connectivity index (χ1) is 19.8. The van der Waals surface area contributed by atoms with E-state index in [0.717, 1.165) is 23.5 Å². The molecule has 0 spiro atoms. The van der Waals surface area contributed by atoms with Crippen LogP contribution in [0.3, 0.4) is 0 Å². The molecule has 3 aromatic rings. The number of carbonyl (C=O) groups is 2. The molecule has 0 unspecified atom stereocenters. The zero-order valence-corrected chi connectivity index (χ0v) is 25.2. The second-order valence-corrected chi connectivity index (χ2v) is 12.2. The van der Waals surface area contributed by atoms with Crippen LogP contribution in [0.1, 0.15) is 37.8 Å². The number of nitrogens with zero attached hydrogens (tertiary/aromatic N) is 2. The Labute approximate surface area is 253 Å². The van der Waals surface area contributed by atoms with Gasteiger partial charge in [0.1, 0.15) is 12.6 Å². The molecule has 0 saturated heterocycles. The van der Waals surface area contributed by atoms with E-state index < -0.39 is 51.9 Å². The van der Waals surface area contributed by atoms with E-state index in [0.29, 0.717) is 33.9 Å². The lowest BCUT2D eigenvalue weighted by atomic mass is 10.1. The van der Waals surface area contributed by atoms with Crippen LogP contribution in [0.15, 0.2) is 77.7 Å². The number of benzene rings is 3. The fraction of sp³-hybridized carbons (Fsp3) is 0.310. The Morgan fingerprint density at radius 3 is 2.29 bits per heavy atom. The van der Waals surface area contributed by atoms with Crippen LogP contribution in [0.2, 0.25) is 10.0 Å². The van der Waals surface area contributed by atoms with Gasteiger partial charge < -0.3 is 10.2 Å². The summed E-state index contributed by atoms with van der Waals surface area (Å²) >= 11 is 12.4. The smallest absolute Gasteiger partial charge is 0.354 e. The molecule has 0 aliphatic carbocycles. The van der Waals surface area contributed by atoms with Gasteiger partial charge in [-0.05, 0) is 61.4 Å². The quantitative estimate of drug-likeness (QED) is 0.227. The SMILES string of the molecule is CCCCNC(=O)[C@H](C)N(Cc1cccc(Cl)c1)C(=O)CN(c1cc(C(F)(F)F)ccc1Cl)S(=O)(=O)c1ccccc1. The third-order valence-electron chi connectivity index (χ3n) is 6.39. The summed E-state index contributed by atoms with van der Waals surface area (Å²) in [6, 6.07) is 14.7. The number of hydrogen-bond acceptors (Lipinski definition) is 4. The first-order valence-electron chi connectivity index (χ1n) is 13.0. The van der Waals surface area contributed by atoms with Crippen molar-refractivity contribution < 1.29 is 31.2 Å². The maximum Gasteiger partial charge on any atom is 0.416 e. The molecule has 0 heterocycles. The molecule has 3 aromatic carbocycles. The third kappa shape index (κ3) is 8.39. The summed E-state index contributed by atoms with van der Waals surface area (Å²) in [6.45, 7) is 2.73. The monoisotopic (exact) mass is 643 g/mol. The number of rotatable bonds is 12. The number of hydrogen-bond donors (Lipinski definition) is 1. The molecule has 0 saturated carbocycles. The summed E-state index contributed by atoms with van der Waals surface area (Å²) < 4.78 is 69.0. The predicted molar refractivity (Wildman–Crippen MR) is 157 cm³/mol. The van der Waals surface area contributed by atoms with Gasteiger partial charge in [-0.25, -0.2) is 8.42 Å². The van der Waals surface area contributed by atoms with Crippen molar-refractivity contribution in [1.29, 1.82) is 0 Å². The third-order valence-corrected chi connectivity index (χ3v) is 8.72. The Balaban J connectivity index is 2.10. The number of unbranched alkanes of at least 4 members (excludes halogenated alkanes) is 1. The Morgan fingerprint density at radius 1 is 0.976 bits per heavy atom. The van der Waals surface area contributed by atoms with Gasteiger partial charge in [-0.15, -0.1) is 0 Å². The van der Waals surface area contributed by atoms with E-state index in [9.17, 15) is 31.2 Å². The molecule has 0 aromatic heterocycles. The number of anilines is 1. The van der Waals surface area contributed by atoms with Gasteiger partial charge in [0.15, 0.2) is 0 Å². The summed E-state index contributed by atoms with van der Waals surface area (Å²) in [5.74, 6) is -1.32. The Hall–Kier alpha value is -3.28. The maximum absolute atomic E-state index is 13.9. The first-order valence-corrected chi connectivity index (χ1v) is 15.2. The molecule has 0 aliphatic rings. The van der Waals surface area contributed by atoms with Crippen LogP contribution >= 0.6 is 23.2 Å². The van der Waals surface area contributed by atoms with E-state index in [4.69, 9.17) is 23.2 Å². The average Bonchev–Trinajstić information content (AvgIpc) is 2.94. The number of halogens is 5. The maximum atomic E-state index is 13.9. The number of amides is 2. The molecule has 2 amide bonds. The number of alkyl halides is 3.